The first-order valence-corrected chi connectivity index (χ1v) is 19.3. The fraction of sp³-hybridized carbons (Fsp3) is 0.441. The number of hydrogen-bond acceptors (Lipinski definition) is 6. The molecule has 1 aromatic heterocycles. The van der Waals surface area contributed by atoms with Crippen LogP contribution in [0.15, 0.2) is 36.4 Å². The van der Waals surface area contributed by atoms with Crippen molar-refractivity contribution in [2.75, 3.05) is 13.3 Å². The van der Waals surface area contributed by atoms with Crippen LogP contribution in [0.5, 0.6) is 0 Å². The average Bonchev–Trinajstić information content (AvgIpc) is 3.32. The summed E-state index contributed by atoms with van der Waals surface area (Å²) in [6, 6.07) is 9.68. The Morgan fingerprint density at radius 1 is 1.15 bits per heavy atom. The summed E-state index contributed by atoms with van der Waals surface area (Å²) in [6.07, 6.45) is 3.27. The molecular formula is C34H42FN5O5Si. The predicted molar refractivity (Wildman–Crippen MR) is 176 cm³/mol. The third-order valence-electron chi connectivity index (χ3n) is 7.89. The van der Waals surface area contributed by atoms with Gasteiger partial charge in [0.15, 0.2) is 5.82 Å². The molecule has 1 aliphatic rings. The van der Waals surface area contributed by atoms with Gasteiger partial charge >= 0.3 is 0 Å². The number of primary amides is 1. The topological polar surface area (TPSA) is 137 Å². The van der Waals surface area contributed by atoms with Crippen molar-refractivity contribution in [3.8, 4) is 11.8 Å². The van der Waals surface area contributed by atoms with Crippen LogP contribution in [0.1, 0.15) is 70.5 Å². The molecule has 1 unspecified atom stereocenters. The van der Waals surface area contributed by atoms with E-state index in [0.29, 0.717) is 25.1 Å². The van der Waals surface area contributed by atoms with Gasteiger partial charge in [0, 0.05) is 45.0 Å². The summed E-state index contributed by atoms with van der Waals surface area (Å²) >= 11 is 0. The minimum atomic E-state index is -1.33. The van der Waals surface area contributed by atoms with Crippen molar-refractivity contribution >= 4 is 42.6 Å². The SMILES string of the molecule is Cc1nn(CCCCCC#Cc2cccc(C(=O)NC3CCC(=O)N(COCC[Si](C)(C)C)C3=O)c2F)c2cc(C(N)=O)ccc12. The highest BCUT2D eigenvalue weighted by molar-refractivity contribution is 6.76. The lowest BCUT2D eigenvalue weighted by Crippen LogP contribution is -2.55. The smallest absolute Gasteiger partial charge is 0.254 e. The molecule has 0 radical (unpaired) electrons. The van der Waals surface area contributed by atoms with Crippen molar-refractivity contribution < 1.29 is 28.3 Å². The Morgan fingerprint density at radius 3 is 2.67 bits per heavy atom. The maximum Gasteiger partial charge on any atom is 0.254 e. The second-order valence-electron chi connectivity index (χ2n) is 12.8. The number of benzene rings is 2. The summed E-state index contributed by atoms with van der Waals surface area (Å²) < 4.78 is 22.7. The van der Waals surface area contributed by atoms with Gasteiger partial charge in [-0.2, -0.15) is 5.10 Å². The molecule has 2 heterocycles. The molecule has 3 aromatic rings. The number of ether oxygens (including phenoxy) is 1. The maximum atomic E-state index is 15.3. The highest BCUT2D eigenvalue weighted by atomic mass is 28.3. The van der Waals surface area contributed by atoms with E-state index in [0.717, 1.165) is 46.8 Å². The Kier molecular flexibility index (Phi) is 11.5. The third kappa shape index (κ3) is 8.89. The van der Waals surface area contributed by atoms with Gasteiger partial charge in [0.05, 0.1) is 22.3 Å². The summed E-state index contributed by atoms with van der Waals surface area (Å²) in [5.74, 6) is 2.93. The number of hydrogen-bond donors (Lipinski definition) is 2. The zero-order chi connectivity index (χ0) is 33.4. The molecule has 1 aliphatic heterocycles. The molecule has 4 rings (SSSR count). The second kappa shape index (κ2) is 15.3. The first-order valence-electron chi connectivity index (χ1n) is 15.6. The lowest BCUT2D eigenvalue weighted by molar-refractivity contribution is -0.156. The third-order valence-corrected chi connectivity index (χ3v) is 9.60. The zero-order valence-electron chi connectivity index (χ0n) is 27.0. The first-order chi connectivity index (χ1) is 21.9. The molecule has 0 aliphatic carbocycles. The summed E-state index contributed by atoms with van der Waals surface area (Å²) in [6.45, 7) is 9.51. The summed E-state index contributed by atoms with van der Waals surface area (Å²) in [5, 5.41) is 8.16. The Hall–Kier alpha value is -4.34. The van der Waals surface area contributed by atoms with E-state index in [4.69, 9.17) is 10.5 Å². The van der Waals surface area contributed by atoms with Crippen LogP contribution >= 0.6 is 0 Å². The quantitative estimate of drug-likeness (QED) is 0.119. The van der Waals surface area contributed by atoms with Crippen LogP contribution in [0.4, 0.5) is 4.39 Å². The van der Waals surface area contributed by atoms with Crippen LogP contribution in [0.25, 0.3) is 10.9 Å². The van der Waals surface area contributed by atoms with Crippen molar-refractivity contribution in [2.24, 2.45) is 5.73 Å². The van der Waals surface area contributed by atoms with Gasteiger partial charge in [-0.25, -0.2) is 4.39 Å². The largest absolute Gasteiger partial charge is 0.366 e. The molecule has 4 amide bonds. The molecular weight excluding hydrogens is 605 g/mol. The lowest BCUT2D eigenvalue weighted by Gasteiger charge is -2.31. The monoisotopic (exact) mass is 647 g/mol. The number of fused-ring (bicyclic) bond motifs is 1. The number of aromatic nitrogens is 2. The van der Waals surface area contributed by atoms with E-state index in [1.165, 1.54) is 12.1 Å². The number of carbonyl (C=O) groups is 4. The van der Waals surface area contributed by atoms with E-state index in [-0.39, 0.29) is 36.6 Å². The Balaban J connectivity index is 1.27. The molecule has 3 N–H and O–H groups in total. The minimum Gasteiger partial charge on any atom is -0.366 e. The number of nitrogens with one attached hydrogen (secondary N) is 1. The van der Waals surface area contributed by atoms with Gasteiger partial charge in [-0.1, -0.05) is 50.0 Å². The molecule has 12 heteroatoms. The van der Waals surface area contributed by atoms with Crippen molar-refractivity contribution in [2.45, 2.75) is 83.7 Å². The van der Waals surface area contributed by atoms with Crippen molar-refractivity contribution in [1.29, 1.82) is 0 Å². The predicted octanol–water partition coefficient (Wildman–Crippen LogP) is 4.75. The fourth-order valence-electron chi connectivity index (χ4n) is 5.15. The van der Waals surface area contributed by atoms with Crippen molar-refractivity contribution in [1.82, 2.24) is 20.0 Å². The summed E-state index contributed by atoms with van der Waals surface area (Å²) in [5.41, 5.74) is 7.51. The van der Waals surface area contributed by atoms with Crippen LogP contribution in [0.2, 0.25) is 25.7 Å². The number of amides is 4. The highest BCUT2D eigenvalue weighted by Crippen LogP contribution is 2.21. The molecule has 2 aromatic carbocycles. The molecule has 10 nitrogen and oxygen atoms in total. The van der Waals surface area contributed by atoms with Gasteiger partial charge in [0.2, 0.25) is 11.8 Å². The molecule has 0 bridgehead atoms. The maximum absolute atomic E-state index is 15.3. The number of imide groups is 1. The number of unbranched alkanes of at least 4 members (excludes halogenated alkanes) is 3. The number of halogens is 1. The Bertz CT molecular complexity index is 1690. The number of nitrogens with two attached hydrogens (primary N) is 1. The van der Waals surface area contributed by atoms with Crippen LogP contribution in [0, 0.1) is 24.6 Å². The van der Waals surface area contributed by atoms with Crippen LogP contribution in [0.3, 0.4) is 0 Å². The van der Waals surface area contributed by atoms with Crippen LogP contribution in [-0.4, -0.2) is 65.8 Å². The number of likely N-dealkylation sites (tertiary alicyclic amines) is 1. The molecule has 1 atom stereocenters. The fourth-order valence-corrected chi connectivity index (χ4v) is 5.91. The number of carbonyl (C=O) groups excluding carboxylic acids is 4. The van der Waals surface area contributed by atoms with E-state index in [2.05, 4.69) is 41.9 Å². The second-order valence-corrected chi connectivity index (χ2v) is 18.4. The van der Waals surface area contributed by atoms with E-state index >= 15 is 4.39 Å². The average molecular weight is 648 g/mol. The van der Waals surface area contributed by atoms with Gasteiger partial charge in [-0.15, -0.1) is 0 Å². The first kappa shape index (κ1) is 34.5. The molecule has 1 saturated heterocycles. The van der Waals surface area contributed by atoms with E-state index in [1.54, 1.807) is 18.2 Å². The number of piperidine rings is 1. The van der Waals surface area contributed by atoms with E-state index < -0.39 is 37.7 Å². The summed E-state index contributed by atoms with van der Waals surface area (Å²) in [7, 11) is -1.33. The standard InChI is InChI=1S/C34H42FN5O5Si/c1-23-26-15-14-25(32(36)42)21-29(26)40(38-23)18-9-7-5-6-8-11-24-12-10-13-27(31(24)35)33(43)37-28-16-17-30(41)39(34(28)44)22-45-19-20-46(2,3)4/h10,12-15,21,28H,5-7,9,16-20,22H2,1-4H3,(H2,36,42)(H,37,43). The number of rotatable bonds is 13. The summed E-state index contributed by atoms with van der Waals surface area (Å²) in [4.78, 5) is 50.9. The molecule has 244 valence electrons. The van der Waals surface area contributed by atoms with Gasteiger partial charge in [-0.05, 0) is 56.5 Å². The van der Waals surface area contributed by atoms with Gasteiger partial charge in [0.1, 0.15) is 12.8 Å². The van der Waals surface area contributed by atoms with E-state index in [9.17, 15) is 19.2 Å². The normalized spacial score (nSPS) is 15.2. The molecule has 1 fully saturated rings. The zero-order valence-corrected chi connectivity index (χ0v) is 28.0. The van der Waals surface area contributed by atoms with E-state index in [1.807, 2.05) is 17.7 Å². The van der Waals surface area contributed by atoms with Gasteiger partial charge < -0.3 is 15.8 Å². The van der Waals surface area contributed by atoms with Gasteiger partial charge in [0.25, 0.3) is 11.8 Å². The minimum absolute atomic E-state index is 0.0798. The van der Waals surface area contributed by atoms with Crippen LogP contribution < -0.4 is 11.1 Å². The number of nitrogens with zero attached hydrogens (tertiary/aromatic N) is 3. The van der Waals surface area contributed by atoms with Crippen molar-refractivity contribution in [3.63, 3.8) is 0 Å². The lowest BCUT2D eigenvalue weighted by atomic mass is 10.0. The Labute approximate surface area is 269 Å². The molecule has 0 saturated carbocycles. The molecule has 0 spiro atoms. The van der Waals surface area contributed by atoms with Crippen LogP contribution in [-0.2, 0) is 20.9 Å². The molecule has 46 heavy (non-hydrogen) atoms. The Morgan fingerprint density at radius 2 is 1.93 bits per heavy atom. The number of aryl methyl sites for hydroxylation is 2. The highest BCUT2D eigenvalue weighted by Gasteiger charge is 2.36. The van der Waals surface area contributed by atoms with Gasteiger partial charge in [-0.3, -0.25) is 28.8 Å². The van der Waals surface area contributed by atoms with Crippen molar-refractivity contribution in [3.05, 3.63) is 64.6 Å².